The summed E-state index contributed by atoms with van der Waals surface area (Å²) in [5.41, 5.74) is 12.3. The van der Waals surface area contributed by atoms with Gasteiger partial charge in [0.25, 0.3) is 0 Å². The van der Waals surface area contributed by atoms with Gasteiger partial charge in [-0.3, -0.25) is 0 Å². The van der Waals surface area contributed by atoms with E-state index in [4.69, 9.17) is 19.4 Å². The van der Waals surface area contributed by atoms with E-state index < -0.39 is 0 Å². The van der Waals surface area contributed by atoms with Gasteiger partial charge in [-0.1, -0.05) is 152 Å². The first kappa shape index (κ1) is 31.9. The van der Waals surface area contributed by atoms with Gasteiger partial charge in [0.05, 0.1) is 11.0 Å². The average Bonchev–Trinajstić information content (AvgIpc) is 3.83. The molecule has 5 heteroatoms. The van der Waals surface area contributed by atoms with Crippen LogP contribution < -0.4 is 0 Å². The van der Waals surface area contributed by atoms with Crippen molar-refractivity contribution in [3.63, 3.8) is 0 Å². The summed E-state index contributed by atoms with van der Waals surface area (Å²) in [4.78, 5) is 15.0. The van der Waals surface area contributed by atoms with Crippen LogP contribution >= 0.6 is 0 Å². The minimum atomic E-state index is 0.625. The molecular formula is C51H32N4O. The van der Waals surface area contributed by atoms with Crippen LogP contribution in [0.15, 0.2) is 199 Å². The van der Waals surface area contributed by atoms with Crippen LogP contribution in [0.2, 0.25) is 0 Å². The molecule has 0 amide bonds. The van der Waals surface area contributed by atoms with E-state index >= 15 is 0 Å². The summed E-state index contributed by atoms with van der Waals surface area (Å²) in [5.74, 6) is 1.89. The second kappa shape index (κ2) is 13.0. The highest BCUT2D eigenvalue weighted by Gasteiger charge is 2.19. The van der Waals surface area contributed by atoms with Gasteiger partial charge in [0.1, 0.15) is 5.58 Å². The van der Waals surface area contributed by atoms with Crippen molar-refractivity contribution in [1.82, 2.24) is 19.5 Å². The van der Waals surface area contributed by atoms with Crippen molar-refractivity contribution in [3.05, 3.63) is 194 Å². The Hall–Kier alpha value is -7.63. The van der Waals surface area contributed by atoms with Gasteiger partial charge < -0.3 is 8.98 Å². The third-order valence-corrected chi connectivity index (χ3v) is 10.7. The Morgan fingerprint density at radius 1 is 0.339 bits per heavy atom. The fourth-order valence-corrected chi connectivity index (χ4v) is 7.94. The second-order valence-corrected chi connectivity index (χ2v) is 14.0. The number of nitrogens with zero attached hydrogens (tertiary/aromatic N) is 4. The number of benzene rings is 8. The monoisotopic (exact) mass is 716 g/mol. The van der Waals surface area contributed by atoms with Crippen molar-refractivity contribution in [1.29, 1.82) is 0 Å². The molecule has 11 aromatic rings. The highest BCUT2D eigenvalue weighted by molar-refractivity contribution is 6.21. The van der Waals surface area contributed by atoms with Gasteiger partial charge in [-0.2, -0.15) is 0 Å². The summed E-state index contributed by atoms with van der Waals surface area (Å²) >= 11 is 0. The maximum Gasteiger partial charge on any atom is 0.164 e. The molecule has 0 spiro atoms. The Bertz CT molecular complexity index is 3220. The fraction of sp³-hybridized carbons (Fsp3) is 0. The fourth-order valence-electron chi connectivity index (χ4n) is 7.94. The number of para-hydroxylation sites is 2. The van der Waals surface area contributed by atoms with E-state index in [1.165, 1.54) is 10.8 Å². The molecule has 0 saturated heterocycles. The molecule has 0 atom stereocenters. The third-order valence-electron chi connectivity index (χ3n) is 10.7. The van der Waals surface area contributed by atoms with Crippen LogP contribution in [0.5, 0.6) is 0 Å². The summed E-state index contributed by atoms with van der Waals surface area (Å²) in [5, 5.41) is 4.55. The molecule has 0 fully saturated rings. The maximum absolute atomic E-state index is 6.71. The van der Waals surface area contributed by atoms with E-state index in [0.717, 1.165) is 77.6 Å². The molecule has 5 nitrogen and oxygen atoms in total. The molecule has 0 aliphatic heterocycles. The van der Waals surface area contributed by atoms with Gasteiger partial charge in [-0.05, 0) is 64.7 Å². The Balaban J connectivity index is 0.999. The molecule has 3 heterocycles. The molecular weight excluding hydrogens is 685 g/mol. The molecule has 8 aromatic carbocycles. The molecule has 0 aliphatic rings. The van der Waals surface area contributed by atoms with Gasteiger partial charge in [-0.15, -0.1) is 0 Å². The molecule has 0 saturated carbocycles. The van der Waals surface area contributed by atoms with Crippen LogP contribution in [-0.4, -0.2) is 19.5 Å². The van der Waals surface area contributed by atoms with E-state index in [1.54, 1.807) is 0 Å². The van der Waals surface area contributed by atoms with Crippen LogP contribution in [0, 0.1) is 0 Å². The zero-order valence-electron chi connectivity index (χ0n) is 30.2. The highest BCUT2D eigenvalue weighted by atomic mass is 16.3. The first-order chi connectivity index (χ1) is 27.7. The first-order valence-electron chi connectivity index (χ1n) is 18.8. The summed E-state index contributed by atoms with van der Waals surface area (Å²) < 4.78 is 9.03. The van der Waals surface area contributed by atoms with Crippen molar-refractivity contribution in [2.75, 3.05) is 0 Å². The molecule has 56 heavy (non-hydrogen) atoms. The quantitative estimate of drug-likeness (QED) is 0.172. The Morgan fingerprint density at radius 2 is 0.857 bits per heavy atom. The van der Waals surface area contributed by atoms with Gasteiger partial charge in [0.15, 0.2) is 23.1 Å². The SMILES string of the molecule is c1ccc(-c2cccc(-c3nc(-c4ccccc4)nc(-c4ccc(-c5ccc6oc7c(ccc8c9ccccc9n(-c9ccccc9)c87)c6c5)cc4)n3)c2)cc1. The standard InChI is InChI=1S/C51H32N4O/c1-4-13-33(14-5-1)37-17-12-18-39(31-37)51-53-49(35-15-6-2-7-16-35)52-50(54-51)36-25-23-34(24-26-36)38-27-30-46-44(32-38)43-29-28-42-41-21-10-11-22-45(41)55(47(42)48(43)56-46)40-19-8-3-9-20-40/h1-32H. The van der Waals surface area contributed by atoms with Crippen molar-refractivity contribution in [3.8, 4) is 62.1 Å². The average molecular weight is 717 g/mol. The lowest BCUT2D eigenvalue weighted by atomic mass is 10.0. The predicted molar refractivity (Wildman–Crippen MR) is 229 cm³/mol. The van der Waals surface area contributed by atoms with Crippen molar-refractivity contribution in [2.45, 2.75) is 0 Å². The lowest BCUT2D eigenvalue weighted by molar-refractivity contribution is 0.671. The van der Waals surface area contributed by atoms with Crippen molar-refractivity contribution < 1.29 is 4.42 Å². The van der Waals surface area contributed by atoms with Crippen LogP contribution in [0.1, 0.15) is 0 Å². The normalized spacial score (nSPS) is 11.6. The highest BCUT2D eigenvalue weighted by Crippen LogP contribution is 2.41. The third kappa shape index (κ3) is 5.37. The van der Waals surface area contributed by atoms with Gasteiger partial charge >= 0.3 is 0 Å². The summed E-state index contributed by atoms with van der Waals surface area (Å²) in [6.07, 6.45) is 0. The lowest BCUT2D eigenvalue weighted by Gasteiger charge is -2.10. The largest absolute Gasteiger partial charge is 0.454 e. The van der Waals surface area contributed by atoms with E-state index in [1.807, 2.05) is 36.4 Å². The summed E-state index contributed by atoms with van der Waals surface area (Å²) in [6, 6.07) is 67.4. The van der Waals surface area contributed by atoms with E-state index in [2.05, 4.69) is 162 Å². The smallest absolute Gasteiger partial charge is 0.164 e. The number of hydrogen-bond donors (Lipinski definition) is 0. The summed E-state index contributed by atoms with van der Waals surface area (Å²) in [6.45, 7) is 0. The minimum absolute atomic E-state index is 0.625. The zero-order valence-corrected chi connectivity index (χ0v) is 30.2. The number of rotatable bonds is 6. The number of aromatic nitrogens is 4. The Kier molecular flexibility index (Phi) is 7.42. The molecule has 0 radical (unpaired) electrons. The van der Waals surface area contributed by atoms with Crippen LogP contribution in [0.4, 0.5) is 0 Å². The van der Waals surface area contributed by atoms with Gasteiger partial charge in [-0.25, -0.2) is 15.0 Å². The summed E-state index contributed by atoms with van der Waals surface area (Å²) in [7, 11) is 0. The molecule has 3 aromatic heterocycles. The van der Waals surface area contributed by atoms with Crippen LogP contribution in [0.3, 0.4) is 0 Å². The first-order valence-corrected chi connectivity index (χ1v) is 18.8. The molecule has 0 unspecified atom stereocenters. The molecule has 0 aliphatic carbocycles. The molecule has 0 N–H and O–H groups in total. The molecule has 262 valence electrons. The van der Waals surface area contributed by atoms with E-state index in [9.17, 15) is 0 Å². The minimum Gasteiger partial charge on any atom is -0.454 e. The maximum atomic E-state index is 6.71. The van der Waals surface area contributed by atoms with Crippen molar-refractivity contribution >= 4 is 43.7 Å². The number of fused-ring (bicyclic) bond motifs is 7. The second-order valence-electron chi connectivity index (χ2n) is 14.0. The predicted octanol–water partition coefficient (Wildman–Crippen LogP) is 13.2. The van der Waals surface area contributed by atoms with Gasteiger partial charge in [0, 0.05) is 43.9 Å². The number of furan rings is 1. The molecule has 11 rings (SSSR count). The Morgan fingerprint density at radius 3 is 1.61 bits per heavy atom. The molecule has 0 bridgehead atoms. The van der Waals surface area contributed by atoms with Crippen LogP contribution in [0.25, 0.3) is 106 Å². The lowest BCUT2D eigenvalue weighted by Crippen LogP contribution is -2.00. The van der Waals surface area contributed by atoms with Crippen LogP contribution in [-0.2, 0) is 0 Å². The van der Waals surface area contributed by atoms with E-state index in [-0.39, 0.29) is 0 Å². The Labute approximate surface area is 322 Å². The van der Waals surface area contributed by atoms with Gasteiger partial charge in [0.2, 0.25) is 0 Å². The zero-order chi connectivity index (χ0) is 37.0. The topological polar surface area (TPSA) is 56.7 Å². The van der Waals surface area contributed by atoms with Crippen molar-refractivity contribution in [2.24, 2.45) is 0 Å². The van der Waals surface area contributed by atoms with E-state index in [0.29, 0.717) is 17.5 Å². The number of hydrogen-bond acceptors (Lipinski definition) is 4.